The van der Waals surface area contributed by atoms with E-state index in [2.05, 4.69) is 22.3 Å². The predicted octanol–water partition coefficient (Wildman–Crippen LogP) is 2.61. The van der Waals surface area contributed by atoms with Crippen LogP contribution in [0.15, 0.2) is 12.1 Å². The number of nitrogens with zero attached hydrogens (tertiary/aromatic N) is 2. The molecule has 1 aromatic heterocycles. The number of fused-ring (bicyclic) bond motifs is 2. The minimum absolute atomic E-state index is 0.631. The molecule has 2 aliphatic heterocycles. The van der Waals surface area contributed by atoms with Crippen molar-refractivity contribution in [3.05, 3.63) is 23.4 Å². The number of piperidine rings is 1. The van der Waals surface area contributed by atoms with Crippen LogP contribution in [0.5, 0.6) is 0 Å². The van der Waals surface area contributed by atoms with E-state index in [1.165, 1.54) is 69.3 Å². The van der Waals surface area contributed by atoms with Crippen LogP contribution in [-0.4, -0.2) is 35.1 Å². The third-order valence-corrected chi connectivity index (χ3v) is 5.10. The lowest BCUT2D eigenvalue weighted by molar-refractivity contribution is 0.188. The number of nitrogens with one attached hydrogen (secondary N) is 1. The van der Waals surface area contributed by atoms with E-state index >= 15 is 0 Å². The highest BCUT2D eigenvalue weighted by Gasteiger charge is 2.31. The molecule has 3 heteroatoms. The Morgan fingerprint density at radius 1 is 1.11 bits per heavy atom. The fourth-order valence-corrected chi connectivity index (χ4v) is 4.07. The Balaban J connectivity index is 1.44. The maximum atomic E-state index is 4.81. The fraction of sp³-hybridized carbons (Fsp3) is 0.688. The summed E-state index contributed by atoms with van der Waals surface area (Å²) in [4.78, 5) is 7.48. The van der Waals surface area contributed by atoms with Crippen LogP contribution in [0.2, 0.25) is 0 Å². The van der Waals surface area contributed by atoms with Crippen molar-refractivity contribution in [1.29, 1.82) is 0 Å². The largest absolute Gasteiger partial charge is 0.367 e. The summed E-state index contributed by atoms with van der Waals surface area (Å²) in [6, 6.07) is 5.93. The molecule has 2 saturated heterocycles. The molecule has 0 radical (unpaired) electrons. The second kappa shape index (κ2) is 4.78. The van der Waals surface area contributed by atoms with Gasteiger partial charge < -0.3 is 10.2 Å². The molecule has 0 bridgehead atoms. The van der Waals surface area contributed by atoms with Crippen molar-refractivity contribution in [1.82, 2.24) is 9.88 Å². The van der Waals surface area contributed by atoms with Gasteiger partial charge in [-0.1, -0.05) is 6.07 Å². The second-order valence-electron chi connectivity index (χ2n) is 6.35. The van der Waals surface area contributed by atoms with Crippen LogP contribution >= 0.6 is 0 Å². The normalized spacial score (nSPS) is 30.1. The first-order valence-electron chi connectivity index (χ1n) is 7.88. The average molecular weight is 257 g/mol. The summed E-state index contributed by atoms with van der Waals surface area (Å²) in [6.07, 6.45) is 9.06. The van der Waals surface area contributed by atoms with Crippen LogP contribution in [0.25, 0.3) is 0 Å². The predicted molar refractivity (Wildman–Crippen MR) is 77.5 cm³/mol. The van der Waals surface area contributed by atoms with Crippen LogP contribution in [0.1, 0.15) is 43.4 Å². The topological polar surface area (TPSA) is 28.2 Å². The number of hydrogen-bond donors (Lipinski definition) is 1. The van der Waals surface area contributed by atoms with Crippen LogP contribution in [0.4, 0.5) is 5.82 Å². The van der Waals surface area contributed by atoms with Crippen LogP contribution < -0.4 is 5.32 Å². The molecule has 1 N–H and O–H groups in total. The molecule has 3 aliphatic rings. The van der Waals surface area contributed by atoms with Gasteiger partial charge in [0, 0.05) is 24.3 Å². The lowest BCUT2D eigenvalue weighted by Gasteiger charge is -2.35. The first-order valence-corrected chi connectivity index (χ1v) is 7.88. The molecular formula is C16H23N3. The third kappa shape index (κ3) is 2.25. The molecule has 2 unspecified atom stereocenters. The van der Waals surface area contributed by atoms with E-state index in [0.717, 1.165) is 11.9 Å². The minimum Gasteiger partial charge on any atom is -0.367 e. The van der Waals surface area contributed by atoms with Crippen molar-refractivity contribution in [2.24, 2.45) is 0 Å². The van der Waals surface area contributed by atoms with Crippen molar-refractivity contribution in [2.75, 3.05) is 18.4 Å². The summed E-state index contributed by atoms with van der Waals surface area (Å²) in [5.74, 6) is 1.11. The number of rotatable bonds is 2. The van der Waals surface area contributed by atoms with Crippen LogP contribution in [0, 0.1) is 0 Å². The van der Waals surface area contributed by atoms with Crippen LogP contribution in [0.3, 0.4) is 0 Å². The molecular weight excluding hydrogens is 234 g/mol. The molecule has 4 rings (SSSR count). The van der Waals surface area contributed by atoms with Gasteiger partial charge in [0.15, 0.2) is 0 Å². The Bertz CT molecular complexity index is 471. The smallest absolute Gasteiger partial charge is 0.126 e. The standard InChI is InChI=1S/C16H23N3/c1-3-12-6-7-16(18-15(12)5-1)17-13-8-10-19-9-2-4-14(19)11-13/h6-7,13-14H,1-5,8-11H2,(H,17,18). The van der Waals surface area contributed by atoms with E-state index in [1.54, 1.807) is 0 Å². The highest BCUT2D eigenvalue weighted by Crippen LogP contribution is 2.29. The highest BCUT2D eigenvalue weighted by atomic mass is 15.2. The first kappa shape index (κ1) is 11.7. The van der Waals surface area contributed by atoms with E-state index in [9.17, 15) is 0 Å². The van der Waals surface area contributed by atoms with E-state index in [1.807, 2.05) is 0 Å². The lowest BCUT2D eigenvalue weighted by Crippen LogP contribution is -2.42. The van der Waals surface area contributed by atoms with Crippen molar-refractivity contribution in [3.8, 4) is 0 Å². The van der Waals surface area contributed by atoms with E-state index < -0.39 is 0 Å². The molecule has 3 nitrogen and oxygen atoms in total. The number of aryl methyl sites for hydroxylation is 2. The van der Waals surface area contributed by atoms with Crippen molar-refractivity contribution < 1.29 is 0 Å². The minimum atomic E-state index is 0.631. The number of aromatic nitrogens is 1. The van der Waals surface area contributed by atoms with Crippen LogP contribution in [-0.2, 0) is 12.8 Å². The van der Waals surface area contributed by atoms with Gasteiger partial charge in [0.1, 0.15) is 5.82 Å². The van der Waals surface area contributed by atoms with E-state index in [4.69, 9.17) is 4.98 Å². The summed E-state index contributed by atoms with van der Waals surface area (Å²) in [5, 5.41) is 3.69. The Morgan fingerprint density at radius 3 is 3.11 bits per heavy atom. The summed E-state index contributed by atoms with van der Waals surface area (Å²) in [5.41, 5.74) is 2.81. The molecule has 3 heterocycles. The van der Waals surface area contributed by atoms with Gasteiger partial charge in [-0.25, -0.2) is 4.98 Å². The third-order valence-electron chi connectivity index (χ3n) is 5.10. The molecule has 0 spiro atoms. The van der Waals surface area contributed by atoms with Gasteiger partial charge in [0.25, 0.3) is 0 Å². The second-order valence-corrected chi connectivity index (χ2v) is 6.35. The molecule has 0 saturated carbocycles. The van der Waals surface area contributed by atoms with Gasteiger partial charge in [-0.15, -0.1) is 0 Å². The Hall–Kier alpha value is -1.09. The average Bonchev–Trinajstić information content (AvgIpc) is 3.05. The molecule has 1 aromatic rings. The maximum absolute atomic E-state index is 4.81. The van der Waals surface area contributed by atoms with Gasteiger partial charge in [0.05, 0.1) is 0 Å². The number of hydrogen-bond acceptors (Lipinski definition) is 3. The lowest BCUT2D eigenvalue weighted by atomic mass is 9.97. The fourth-order valence-electron chi connectivity index (χ4n) is 4.07. The summed E-state index contributed by atoms with van der Waals surface area (Å²) >= 11 is 0. The SMILES string of the molecule is c1cc2c(nc1NC1CCN3CCCC3C1)CCC2. The van der Waals surface area contributed by atoms with Gasteiger partial charge in [-0.05, 0) is 63.1 Å². The molecule has 2 atom stereocenters. The quantitative estimate of drug-likeness (QED) is 0.882. The first-order chi connectivity index (χ1) is 9.38. The Morgan fingerprint density at radius 2 is 2.11 bits per heavy atom. The zero-order valence-corrected chi connectivity index (χ0v) is 11.6. The molecule has 19 heavy (non-hydrogen) atoms. The van der Waals surface area contributed by atoms with Gasteiger partial charge in [-0.3, -0.25) is 0 Å². The number of anilines is 1. The monoisotopic (exact) mass is 257 g/mol. The highest BCUT2D eigenvalue weighted by molar-refractivity contribution is 5.41. The van der Waals surface area contributed by atoms with Gasteiger partial charge in [0.2, 0.25) is 0 Å². The summed E-state index contributed by atoms with van der Waals surface area (Å²) in [7, 11) is 0. The maximum Gasteiger partial charge on any atom is 0.126 e. The van der Waals surface area contributed by atoms with Gasteiger partial charge in [-0.2, -0.15) is 0 Å². The van der Waals surface area contributed by atoms with E-state index in [0.29, 0.717) is 6.04 Å². The molecule has 0 aromatic carbocycles. The van der Waals surface area contributed by atoms with Gasteiger partial charge >= 0.3 is 0 Å². The zero-order valence-electron chi connectivity index (χ0n) is 11.6. The molecule has 2 fully saturated rings. The van der Waals surface area contributed by atoms with Crippen molar-refractivity contribution in [2.45, 2.75) is 57.0 Å². The molecule has 102 valence electrons. The van der Waals surface area contributed by atoms with Crippen molar-refractivity contribution in [3.63, 3.8) is 0 Å². The van der Waals surface area contributed by atoms with E-state index in [-0.39, 0.29) is 0 Å². The Kier molecular flexibility index (Phi) is 2.95. The molecule has 0 amide bonds. The number of pyridine rings is 1. The van der Waals surface area contributed by atoms with Crippen molar-refractivity contribution >= 4 is 5.82 Å². The summed E-state index contributed by atoms with van der Waals surface area (Å²) in [6.45, 7) is 2.60. The zero-order chi connectivity index (χ0) is 12.7. The molecule has 1 aliphatic carbocycles. The summed E-state index contributed by atoms with van der Waals surface area (Å²) < 4.78 is 0. The Labute approximate surface area is 115 Å².